The van der Waals surface area contributed by atoms with Crippen LogP contribution >= 0.6 is 0 Å². The van der Waals surface area contributed by atoms with Crippen LogP contribution in [0.3, 0.4) is 0 Å². The highest BCUT2D eigenvalue weighted by Gasteiger charge is 2.07. The van der Waals surface area contributed by atoms with Crippen LogP contribution in [-0.2, 0) is 6.54 Å². The van der Waals surface area contributed by atoms with Gasteiger partial charge in [0.2, 0.25) is 0 Å². The average molecular weight is 298 g/mol. The smallest absolute Gasteiger partial charge is 0.319 e. The van der Waals surface area contributed by atoms with Crippen molar-refractivity contribution < 1.29 is 9.53 Å². The first-order valence-electron chi connectivity index (χ1n) is 7.42. The van der Waals surface area contributed by atoms with E-state index in [2.05, 4.69) is 10.6 Å². The second-order valence-electron chi connectivity index (χ2n) is 5.23. The number of anilines is 1. The summed E-state index contributed by atoms with van der Waals surface area (Å²) in [4.78, 5) is 12.0. The molecule has 2 N–H and O–H groups in total. The highest BCUT2D eigenvalue weighted by atomic mass is 16.5. The molecular weight excluding hydrogens is 276 g/mol. The molecule has 2 aromatic carbocycles. The first-order valence-corrected chi connectivity index (χ1v) is 7.42. The molecule has 2 rings (SSSR count). The molecule has 4 heteroatoms. The van der Waals surface area contributed by atoms with Crippen LogP contribution in [0, 0.1) is 13.8 Å². The van der Waals surface area contributed by atoms with Crippen LogP contribution in [0.25, 0.3) is 0 Å². The lowest BCUT2D eigenvalue weighted by molar-refractivity contribution is 0.251. The Morgan fingerprint density at radius 3 is 2.41 bits per heavy atom. The molecule has 0 saturated heterocycles. The van der Waals surface area contributed by atoms with Crippen molar-refractivity contribution in [2.24, 2.45) is 0 Å². The van der Waals surface area contributed by atoms with E-state index in [-0.39, 0.29) is 6.03 Å². The number of urea groups is 1. The predicted octanol–water partition coefficient (Wildman–Crippen LogP) is 4.02. The summed E-state index contributed by atoms with van der Waals surface area (Å²) < 4.78 is 5.55. The van der Waals surface area contributed by atoms with Gasteiger partial charge in [-0.05, 0) is 44.0 Å². The standard InChI is InChI=1S/C18H22N2O2/c1-4-22-17-11-14(3)7-10-16(17)20-18(21)19-12-15-8-5-13(2)6-9-15/h5-11H,4,12H2,1-3H3,(H2,19,20,21). The third-order valence-electron chi connectivity index (χ3n) is 3.26. The van der Waals surface area contributed by atoms with Gasteiger partial charge in [-0.2, -0.15) is 0 Å². The molecule has 2 aromatic rings. The molecule has 0 unspecified atom stereocenters. The molecule has 0 aliphatic rings. The fourth-order valence-electron chi connectivity index (χ4n) is 2.06. The van der Waals surface area contributed by atoms with Crippen molar-refractivity contribution >= 4 is 11.7 Å². The molecule has 0 aromatic heterocycles. The number of carbonyl (C=O) groups is 1. The maximum Gasteiger partial charge on any atom is 0.319 e. The molecule has 0 aliphatic heterocycles. The lowest BCUT2D eigenvalue weighted by Crippen LogP contribution is -2.28. The van der Waals surface area contributed by atoms with E-state index in [1.807, 2.05) is 63.2 Å². The fraction of sp³-hybridized carbons (Fsp3) is 0.278. The van der Waals surface area contributed by atoms with Crippen LogP contribution in [0.15, 0.2) is 42.5 Å². The zero-order valence-electron chi connectivity index (χ0n) is 13.3. The van der Waals surface area contributed by atoms with Crippen molar-refractivity contribution in [3.05, 3.63) is 59.2 Å². The second kappa shape index (κ2) is 7.50. The molecule has 0 bridgehead atoms. The summed E-state index contributed by atoms with van der Waals surface area (Å²) in [6, 6.07) is 13.5. The van der Waals surface area contributed by atoms with Gasteiger partial charge in [0.1, 0.15) is 5.75 Å². The summed E-state index contributed by atoms with van der Waals surface area (Å²) in [5.74, 6) is 0.688. The molecule has 0 fully saturated rings. The predicted molar refractivity (Wildman–Crippen MR) is 89.4 cm³/mol. The molecule has 116 valence electrons. The number of aryl methyl sites for hydroxylation is 2. The van der Waals surface area contributed by atoms with Gasteiger partial charge >= 0.3 is 6.03 Å². The third-order valence-corrected chi connectivity index (χ3v) is 3.26. The van der Waals surface area contributed by atoms with Gasteiger partial charge in [0.25, 0.3) is 0 Å². The fourth-order valence-corrected chi connectivity index (χ4v) is 2.06. The number of benzene rings is 2. The van der Waals surface area contributed by atoms with E-state index in [9.17, 15) is 4.79 Å². The van der Waals surface area contributed by atoms with E-state index in [0.29, 0.717) is 24.6 Å². The zero-order chi connectivity index (χ0) is 15.9. The van der Waals surface area contributed by atoms with Crippen molar-refractivity contribution in [2.45, 2.75) is 27.3 Å². The number of hydrogen-bond donors (Lipinski definition) is 2. The van der Waals surface area contributed by atoms with Crippen molar-refractivity contribution in [3.8, 4) is 5.75 Å². The van der Waals surface area contributed by atoms with Crippen LogP contribution in [0.2, 0.25) is 0 Å². The van der Waals surface area contributed by atoms with Crippen LogP contribution in [-0.4, -0.2) is 12.6 Å². The summed E-state index contributed by atoms with van der Waals surface area (Å²) in [7, 11) is 0. The Balaban J connectivity index is 1.95. The van der Waals surface area contributed by atoms with Gasteiger partial charge in [0.15, 0.2) is 0 Å². The molecule has 0 heterocycles. The van der Waals surface area contributed by atoms with E-state index in [1.54, 1.807) is 0 Å². The van der Waals surface area contributed by atoms with Crippen molar-refractivity contribution in [1.82, 2.24) is 5.32 Å². The van der Waals surface area contributed by atoms with Crippen LogP contribution in [0.1, 0.15) is 23.6 Å². The average Bonchev–Trinajstić information content (AvgIpc) is 2.50. The lowest BCUT2D eigenvalue weighted by atomic mass is 10.1. The number of carbonyl (C=O) groups excluding carboxylic acids is 1. The molecule has 0 spiro atoms. The van der Waals surface area contributed by atoms with Crippen molar-refractivity contribution in [3.63, 3.8) is 0 Å². The molecule has 0 saturated carbocycles. The maximum atomic E-state index is 12.0. The van der Waals surface area contributed by atoms with E-state index >= 15 is 0 Å². The van der Waals surface area contributed by atoms with E-state index in [4.69, 9.17) is 4.74 Å². The van der Waals surface area contributed by atoms with Gasteiger partial charge in [-0.3, -0.25) is 0 Å². The van der Waals surface area contributed by atoms with Gasteiger partial charge < -0.3 is 15.4 Å². The summed E-state index contributed by atoms with van der Waals surface area (Å²) in [5, 5.41) is 5.67. The normalized spacial score (nSPS) is 10.1. The maximum absolute atomic E-state index is 12.0. The Morgan fingerprint density at radius 2 is 1.73 bits per heavy atom. The number of nitrogens with one attached hydrogen (secondary N) is 2. The quantitative estimate of drug-likeness (QED) is 0.875. The highest BCUT2D eigenvalue weighted by molar-refractivity contribution is 5.90. The van der Waals surface area contributed by atoms with Gasteiger partial charge in [0.05, 0.1) is 12.3 Å². The van der Waals surface area contributed by atoms with Crippen LogP contribution in [0.4, 0.5) is 10.5 Å². The number of hydrogen-bond acceptors (Lipinski definition) is 2. The first-order chi connectivity index (χ1) is 10.6. The Kier molecular flexibility index (Phi) is 5.42. The van der Waals surface area contributed by atoms with Crippen molar-refractivity contribution in [1.29, 1.82) is 0 Å². The third kappa shape index (κ3) is 4.52. The minimum absolute atomic E-state index is 0.245. The van der Waals surface area contributed by atoms with Crippen molar-refractivity contribution in [2.75, 3.05) is 11.9 Å². The Morgan fingerprint density at radius 1 is 1.05 bits per heavy atom. The van der Waals surface area contributed by atoms with E-state index in [0.717, 1.165) is 11.1 Å². The van der Waals surface area contributed by atoms with E-state index in [1.165, 1.54) is 5.56 Å². The summed E-state index contributed by atoms with van der Waals surface area (Å²) in [6.45, 7) is 7.00. The minimum Gasteiger partial charge on any atom is -0.492 e. The monoisotopic (exact) mass is 298 g/mol. The molecule has 0 aliphatic carbocycles. The highest BCUT2D eigenvalue weighted by Crippen LogP contribution is 2.25. The first kappa shape index (κ1) is 15.9. The topological polar surface area (TPSA) is 50.4 Å². The number of rotatable bonds is 5. The number of amides is 2. The summed E-state index contributed by atoms with van der Waals surface area (Å²) >= 11 is 0. The Bertz CT molecular complexity index is 636. The van der Waals surface area contributed by atoms with Gasteiger partial charge in [-0.25, -0.2) is 4.79 Å². The Labute approximate surface area is 131 Å². The molecule has 22 heavy (non-hydrogen) atoms. The van der Waals surface area contributed by atoms with Gasteiger partial charge in [0, 0.05) is 6.54 Å². The van der Waals surface area contributed by atoms with E-state index < -0.39 is 0 Å². The summed E-state index contributed by atoms with van der Waals surface area (Å²) in [5.41, 5.74) is 4.03. The van der Waals surface area contributed by atoms with Gasteiger partial charge in [-0.1, -0.05) is 35.9 Å². The van der Waals surface area contributed by atoms with Crippen LogP contribution in [0.5, 0.6) is 5.75 Å². The molecule has 4 nitrogen and oxygen atoms in total. The van der Waals surface area contributed by atoms with Crippen LogP contribution < -0.4 is 15.4 Å². The molecule has 0 atom stereocenters. The molecule has 2 amide bonds. The van der Waals surface area contributed by atoms with Gasteiger partial charge in [-0.15, -0.1) is 0 Å². The zero-order valence-corrected chi connectivity index (χ0v) is 13.3. The largest absolute Gasteiger partial charge is 0.492 e. The summed E-state index contributed by atoms with van der Waals surface area (Å²) in [6.07, 6.45) is 0. The Hall–Kier alpha value is -2.49. The second-order valence-corrected chi connectivity index (χ2v) is 5.23. The SMILES string of the molecule is CCOc1cc(C)ccc1NC(=O)NCc1ccc(C)cc1. The number of ether oxygens (including phenoxy) is 1. The molecular formula is C18H22N2O2. The molecule has 0 radical (unpaired) electrons. The minimum atomic E-state index is -0.245. The lowest BCUT2D eigenvalue weighted by Gasteiger charge is -2.13.